The van der Waals surface area contributed by atoms with Gasteiger partial charge in [-0.3, -0.25) is 0 Å². The highest BCUT2D eigenvalue weighted by atomic mass is 16.6. The van der Waals surface area contributed by atoms with Crippen LogP contribution in [0.3, 0.4) is 0 Å². The molecule has 1 heterocycles. The van der Waals surface area contributed by atoms with Gasteiger partial charge in [0.1, 0.15) is 11.4 Å². The van der Waals surface area contributed by atoms with E-state index < -0.39 is 5.60 Å². The molecule has 5 nitrogen and oxygen atoms in total. The van der Waals surface area contributed by atoms with E-state index in [0.717, 1.165) is 12.2 Å². The van der Waals surface area contributed by atoms with E-state index in [1.807, 2.05) is 45.0 Å². The second-order valence-electron chi connectivity index (χ2n) is 7.25. The van der Waals surface area contributed by atoms with E-state index in [-0.39, 0.29) is 24.1 Å². The van der Waals surface area contributed by atoms with Crippen LogP contribution >= 0.6 is 0 Å². The first kappa shape index (κ1) is 17.6. The zero-order chi connectivity index (χ0) is 17.2. The molecule has 23 heavy (non-hydrogen) atoms. The number of ether oxygens (including phenoxy) is 2. The lowest BCUT2D eigenvalue weighted by Crippen LogP contribution is -2.54. The first-order chi connectivity index (χ1) is 10.7. The zero-order valence-electron chi connectivity index (χ0n) is 14.7. The highest BCUT2D eigenvalue weighted by molar-refractivity contribution is 5.69. The van der Waals surface area contributed by atoms with Crippen molar-refractivity contribution in [2.45, 2.75) is 57.7 Å². The van der Waals surface area contributed by atoms with Crippen LogP contribution in [0.25, 0.3) is 0 Å². The second kappa shape index (κ2) is 6.79. The lowest BCUT2D eigenvalue weighted by Gasteiger charge is -2.42. The topological polar surface area (TPSA) is 64.8 Å². The number of carbonyl (C=O) groups excluding carboxylic acids is 1. The first-order valence-corrected chi connectivity index (χ1v) is 8.10. The third-order valence-corrected chi connectivity index (χ3v) is 4.23. The Morgan fingerprint density at radius 1 is 1.26 bits per heavy atom. The summed E-state index contributed by atoms with van der Waals surface area (Å²) in [4.78, 5) is 14.2. The van der Waals surface area contributed by atoms with Gasteiger partial charge in [-0.2, -0.15) is 0 Å². The van der Waals surface area contributed by atoms with Crippen LogP contribution < -0.4 is 10.5 Å². The molecule has 0 aromatic heterocycles. The molecule has 1 saturated heterocycles. The molecule has 1 fully saturated rings. The van der Waals surface area contributed by atoms with E-state index in [1.54, 1.807) is 12.0 Å². The van der Waals surface area contributed by atoms with Crippen molar-refractivity contribution in [2.75, 3.05) is 13.7 Å². The fourth-order valence-corrected chi connectivity index (χ4v) is 3.06. The highest BCUT2D eigenvalue weighted by Crippen LogP contribution is 2.33. The Hall–Kier alpha value is -1.75. The molecule has 1 amide bonds. The van der Waals surface area contributed by atoms with Gasteiger partial charge in [-0.1, -0.05) is 12.1 Å². The van der Waals surface area contributed by atoms with Crippen LogP contribution in [0.4, 0.5) is 4.79 Å². The Bertz CT molecular complexity index is 536. The number of likely N-dealkylation sites (tertiary alicyclic amines) is 1. The number of amides is 1. The van der Waals surface area contributed by atoms with Crippen molar-refractivity contribution in [2.24, 2.45) is 5.73 Å². The summed E-state index contributed by atoms with van der Waals surface area (Å²) < 4.78 is 10.7. The van der Waals surface area contributed by atoms with Crippen LogP contribution in [0.15, 0.2) is 24.3 Å². The summed E-state index contributed by atoms with van der Waals surface area (Å²) in [6.07, 6.45) is 0.561. The molecule has 2 rings (SSSR count). The monoisotopic (exact) mass is 320 g/mol. The number of carbonyl (C=O) groups is 1. The molecule has 0 aliphatic carbocycles. The van der Waals surface area contributed by atoms with Crippen molar-refractivity contribution in [1.82, 2.24) is 4.90 Å². The lowest BCUT2D eigenvalue weighted by molar-refractivity contribution is 0.00654. The van der Waals surface area contributed by atoms with Crippen LogP contribution in [-0.2, 0) is 4.74 Å². The molecule has 0 radical (unpaired) electrons. The van der Waals surface area contributed by atoms with E-state index in [2.05, 4.69) is 6.92 Å². The van der Waals surface area contributed by atoms with Gasteiger partial charge >= 0.3 is 6.09 Å². The largest absolute Gasteiger partial charge is 0.497 e. The Morgan fingerprint density at radius 3 is 2.39 bits per heavy atom. The molecule has 5 heteroatoms. The van der Waals surface area contributed by atoms with Crippen molar-refractivity contribution >= 4 is 6.09 Å². The van der Waals surface area contributed by atoms with Crippen molar-refractivity contribution in [3.8, 4) is 5.75 Å². The fourth-order valence-electron chi connectivity index (χ4n) is 3.06. The summed E-state index contributed by atoms with van der Waals surface area (Å²) in [5.74, 6) is 1.02. The van der Waals surface area contributed by atoms with E-state index in [9.17, 15) is 4.79 Å². The van der Waals surface area contributed by atoms with Crippen LogP contribution in [0.1, 0.15) is 45.6 Å². The second-order valence-corrected chi connectivity index (χ2v) is 7.25. The smallest absolute Gasteiger partial charge is 0.410 e. The number of piperidine rings is 1. The molecule has 3 unspecified atom stereocenters. The number of hydrogen-bond donors (Lipinski definition) is 1. The predicted octanol–water partition coefficient (Wildman–Crippen LogP) is 3.14. The fraction of sp³-hybridized carbons (Fsp3) is 0.611. The lowest BCUT2D eigenvalue weighted by atomic mass is 9.82. The maximum Gasteiger partial charge on any atom is 0.410 e. The minimum Gasteiger partial charge on any atom is -0.497 e. The van der Waals surface area contributed by atoms with Crippen LogP contribution in [0.2, 0.25) is 0 Å². The Labute approximate surface area is 138 Å². The molecule has 3 atom stereocenters. The summed E-state index contributed by atoms with van der Waals surface area (Å²) in [6, 6.07) is 7.97. The predicted molar refractivity (Wildman–Crippen MR) is 90.7 cm³/mol. The van der Waals surface area contributed by atoms with Gasteiger partial charge in [-0.05, 0) is 51.8 Å². The van der Waals surface area contributed by atoms with Crippen molar-refractivity contribution in [3.63, 3.8) is 0 Å². The summed E-state index contributed by atoms with van der Waals surface area (Å²) in [7, 11) is 1.65. The van der Waals surface area contributed by atoms with E-state index >= 15 is 0 Å². The van der Waals surface area contributed by atoms with Gasteiger partial charge in [0.2, 0.25) is 0 Å². The summed E-state index contributed by atoms with van der Waals surface area (Å²) in [6.45, 7) is 8.22. The van der Waals surface area contributed by atoms with Crippen LogP contribution in [0.5, 0.6) is 5.75 Å². The van der Waals surface area contributed by atoms with E-state index in [4.69, 9.17) is 15.2 Å². The number of hydrogen-bond acceptors (Lipinski definition) is 4. The summed E-state index contributed by atoms with van der Waals surface area (Å²) in [5.41, 5.74) is 6.86. The molecular weight excluding hydrogens is 292 g/mol. The normalized spacial score (nSPS) is 25.1. The van der Waals surface area contributed by atoms with E-state index in [0.29, 0.717) is 6.54 Å². The molecule has 1 aromatic rings. The first-order valence-electron chi connectivity index (χ1n) is 8.10. The molecule has 1 aliphatic rings. The Morgan fingerprint density at radius 2 is 1.87 bits per heavy atom. The SMILES string of the molecule is COc1ccc(C2CC(N)CN(C(=O)OC(C)(C)C)C2C)cc1. The zero-order valence-corrected chi connectivity index (χ0v) is 14.7. The van der Waals surface area contributed by atoms with Gasteiger partial charge in [0, 0.05) is 24.5 Å². The summed E-state index contributed by atoms with van der Waals surface area (Å²) in [5, 5.41) is 0. The Balaban J connectivity index is 2.18. The minimum absolute atomic E-state index is 0.0399. The van der Waals surface area contributed by atoms with Gasteiger partial charge in [-0.25, -0.2) is 4.79 Å². The highest BCUT2D eigenvalue weighted by Gasteiger charge is 2.37. The number of nitrogens with zero attached hydrogens (tertiary/aromatic N) is 1. The van der Waals surface area contributed by atoms with Gasteiger partial charge in [-0.15, -0.1) is 0 Å². The van der Waals surface area contributed by atoms with Crippen LogP contribution in [-0.4, -0.2) is 42.3 Å². The third-order valence-electron chi connectivity index (χ3n) is 4.23. The number of nitrogens with two attached hydrogens (primary N) is 1. The quantitative estimate of drug-likeness (QED) is 0.909. The van der Waals surface area contributed by atoms with Crippen molar-refractivity contribution in [3.05, 3.63) is 29.8 Å². The molecular formula is C18H28N2O3. The Kier molecular flexibility index (Phi) is 5.19. The van der Waals surface area contributed by atoms with Crippen LogP contribution in [0, 0.1) is 0 Å². The number of benzene rings is 1. The van der Waals surface area contributed by atoms with Gasteiger partial charge in [0.05, 0.1) is 7.11 Å². The standard InChI is InChI=1S/C18H28N2O3/c1-12-16(13-6-8-15(22-5)9-7-13)10-14(19)11-20(12)17(21)23-18(2,3)4/h6-9,12,14,16H,10-11,19H2,1-5H3. The van der Waals surface area contributed by atoms with Gasteiger partial charge in [0.15, 0.2) is 0 Å². The maximum absolute atomic E-state index is 12.5. The van der Waals surface area contributed by atoms with Gasteiger partial charge in [0.25, 0.3) is 0 Å². The molecule has 128 valence electrons. The van der Waals surface area contributed by atoms with E-state index in [1.165, 1.54) is 5.56 Å². The van der Waals surface area contributed by atoms with Crippen molar-refractivity contribution < 1.29 is 14.3 Å². The molecule has 1 aromatic carbocycles. The number of methoxy groups -OCH3 is 1. The summed E-state index contributed by atoms with van der Waals surface area (Å²) >= 11 is 0. The molecule has 0 bridgehead atoms. The average molecular weight is 320 g/mol. The van der Waals surface area contributed by atoms with Crippen molar-refractivity contribution in [1.29, 1.82) is 0 Å². The molecule has 1 aliphatic heterocycles. The molecule has 2 N–H and O–H groups in total. The van der Waals surface area contributed by atoms with Gasteiger partial charge < -0.3 is 20.1 Å². The number of rotatable bonds is 2. The minimum atomic E-state index is -0.506. The molecule has 0 spiro atoms. The molecule has 0 saturated carbocycles. The third kappa shape index (κ3) is 4.38. The average Bonchev–Trinajstić information content (AvgIpc) is 2.47. The maximum atomic E-state index is 12.5.